The number of carbonyl (C=O) groups excluding carboxylic acids is 1. The molecular weight excluding hydrogens is 364 g/mol. The molecule has 0 saturated carbocycles. The number of nitrogens with zero attached hydrogens (tertiary/aromatic N) is 4. The Morgan fingerprint density at radius 2 is 2.15 bits per heavy atom. The molecule has 0 unspecified atom stereocenters. The summed E-state index contributed by atoms with van der Waals surface area (Å²) in [5, 5.41) is 14.5. The van der Waals surface area contributed by atoms with Crippen LogP contribution < -0.4 is 5.32 Å². The summed E-state index contributed by atoms with van der Waals surface area (Å²) in [4.78, 5) is 20.8. The average Bonchev–Trinajstić information content (AvgIpc) is 3.31. The van der Waals surface area contributed by atoms with Gasteiger partial charge in [0.15, 0.2) is 5.82 Å². The molecule has 1 amide bonds. The van der Waals surface area contributed by atoms with Crippen molar-refractivity contribution in [2.75, 3.05) is 5.32 Å². The van der Waals surface area contributed by atoms with Gasteiger partial charge in [-0.1, -0.05) is 36.0 Å². The standard InChI is InChI=1S/C18H22N6O2S/c1-4-14-21-18(23-22-14)27-10-15-20-17(26-24-15)9-8-16(25)19-13-7-5-6-11(2)12(13)3/h5-7H,4,8-10H2,1-3H3,(H,19,25)(H,21,22,23). The Hall–Kier alpha value is -2.68. The molecule has 142 valence electrons. The summed E-state index contributed by atoms with van der Waals surface area (Å²) in [5.74, 6) is 2.30. The van der Waals surface area contributed by atoms with Crippen LogP contribution in [0.3, 0.4) is 0 Å². The zero-order valence-corrected chi connectivity index (χ0v) is 16.4. The first-order valence-electron chi connectivity index (χ1n) is 8.76. The SMILES string of the molecule is CCc1nc(SCc2noc(CCC(=O)Nc3cccc(C)c3C)n2)n[nH]1. The van der Waals surface area contributed by atoms with Crippen LogP contribution in [0.2, 0.25) is 0 Å². The van der Waals surface area contributed by atoms with E-state index >= 15 is 0 Å². The highest BCUT2D eigenvalue weighted by Crippen LogP contribution is 2.19. The Kier molecular flexibility index (Phi) is 6.23. The number of H-pyrrole nitrogens is 1. The predicted molar refractivity (Wildman–Crippen MR) is 102 cm³/mol. The van der Waals surface area contributed by atoms with Gasteiger partial charge in [-0.2, -0.15) is 4.98 Å². The molecule has 0 aliphatic carbocycles. The van der Waals surface area contributed by atoms with Crippen molar-refractivity contribution in [3.8, 4) is 0 Å². The summed E-state index contributed by atoms with van der Waals surface area (Å²) < 4.78 is 5.22. The molecule has 3 aromatic rings. The Morgan fingerprint density at radius 1 is 1.30 bits per heavy atom. The van der Waals surface area contributed by atoms with Crippen LogP contribution in [-0.2, 0) is 23.4 Å². The van der Waals surface area contributed by atoms with E-state index in [1.165, 1.54) is 11.8 Å². The summed E-state index contributed by atoms with van der Waals surface area (Å²) in [6, 6.07) is 5.84. The highest BCUT2D eigenvalue weighted by atomic mass is 32.2. The minimum absolute atomic E-state index is 0.0781. The summed E-state index contributed by atoms with van der Waals surface area (Å²) in [7, 11) is 0. The van der Waals surface area contributed by atoms with E-state index in [0.29, 0.717) is 29.0 Å². The molecule has 0 atom stereocenters. The minimum atomic E-state index is -0.0781. The van der Waals surface area contributed by atoms with Gasteiger partial charge in [0.05, 0.1) is 5.75 Å². The maximum Gasteiger partial charge on any atom is 0.227 e. The molecule has 8 nitrogen and oxygen atoms in total. The number of benzene rings is 1. The Balaban J connectivity index is 1.47. The molecule has 3 rings (SSSR count). The van der Waals surface area contributed by atoms with Gasteiger partial charge >= 0.3 is 0 Å². The fourth-order valence-corrected chi connectivity index (χ4v) is 3.06. The quantitative estimate of drug-likeness (QED) is 0.572. The van der Waals surface area contributed by atoms with E-state index in [9.17, 15) is 4.79 Å². The van der Waals surface area contributed by atoms with E-state index < -0.39 is 0 Å². The Bertz CT molecular complexity index is 920. The monoisotopic (exact) mass is 386 g/mol. The molecule has 0 fully saturated rings. The molecule has 0 bridgehead atoms. The second kappa shape index (κ2) is 8.81. The molecule has 0 aliphatic rings. The summed E-state index contributed by atoms with van der Waals surface area (Å²) in [6.07, 6.45) is 1.49. The first kappa shape index (κ1) is 19.1. The molecule has 0 saturated heterocycles. The van der Waals surface area contributed by atoms with Gasteiger partial charge in [-0.15, -0.1) is 5.10 Å². The van der Waals surface area contributed by atoms with Crippen LogP contribution in [0.15, 0.2) is 27.9 Å². The zero-order chi connectivity index (χ0) is 19.2. The van der Waals surface area contributed by atoms with Crippen LogP contribution >= 0.6 is 11.8 Å². The van der Waals surface area contributed by atoms with Gasteiger partial charge < -0.3 is 9.84 Å². The van der Waals surface area contributed by atoms with E-state index in [-0.39, 0.29) is 12.3 Å². The number of thioether (sulfide) groups is 1. The minimum Gasteiger partial charge on any atom is -0.339 e. The van der Waals surface area contributed by atoms with Gasteiger partial charge in [-0.3, -0.25) is 9.89 Å². The predicted octanol–water partition coefficient (Wildman–Crippen LogP) is 3.23. The molecule has 27 heavy (non-hydrogen) atoms. The molecule has 0 aliphatic heterocycles. The molecule has 0 radical (unpaired) electrons. The van der Waals surface area contributed by atoms with E-state index in [2.05, 4.69) is 30.6 Å². The topological polar surface area (TPSA) is 110 Å². The summed E-state index contributed by atoms with van der Waals surface area (Å²) >= 11 is 1.43. The van der Waals surface area contributed by atoms with Crippen molar-refractivity contribution in [1.82, 2.24) is 25.3 Å². The third-order valence-corrected chi connectivity index (χ3v) is 4.97. The second-order valence-corrected chi connectivity index (χ2v) is 7.05. The molecule has 2 aromatic heterocycles. The molecule has 1 aromatic carbocycles. The molecular formula is C18H22N6O2S. The highest BCUT2D eigenvalue weighted by molar-refractivity contribution is 7.98. The number of hydrogen-bond acceptors (Lipinski definition) is 7. The van der Waals surface area contributed by atoms with Gasteiger partial charge in [0.2, 0.25) is 17.0 Å². The smallest absolute Gasteiger partial charge is 0.227 e. The lowest BCUT2D eigenvalue weighted by molar-refractivity contribution is -0.116. The summed E-state index contributed by atoms with van der Waals surface area (Å²) in [6.45, 7) is 6.02. The number of rotatable bonds is 8. The van der Waals surface area contributed by atoms with Crippen LogP contribution in [0.5, 0.6) is 0 Å². The second-order valence-electron chi connectivity index (χ2n) is 6.11. The summed E-state index contributed by atoms with van der Waals surface area (Å²) in [5.41, 5.74) is 3.05. The number of aromatic nitrogens is 5. The number of hydrogen-bond donors (Lipinski definition) is 2. The Labute approximate surface area is 161 Å². The van der Waals surface area contributed by atoms with Crippen LogP contribution in [0.25, 0.3) is 0 Å². The maximum absolute atomic E-state index is 12.2. The molecule has 2 heterocycles. The van der Waals surface area contributed by atoms with Crippen molar-refractivity contribution in [1.29, 1.82) is 0 Å². The Morgan fingerprint density at radius 3 is 2.93 bits per heavy atom. The lowest BCUT2D eigenvalue weighted by Crippen LogP contribution is -2.13. The average molecular weight is 386 g/mol. The van der Waals surface area contributed by atoms with E-state index in [1.807, 2.05) is 39.0 Å². The van der Waals surface area contributed by atoms with Crippen molar-refractivity contribution >= 4 is 23.4 Å². The van der Waals surface area contributed by atoms with Crippen molar-refractivity contribution < 1.29 is 9.32 Å². The zero-order valence-electron chi connectivity index (χ0n) is 15.6. The van der Waals surface area contributed by atoms with Crippen LogP contribution in [0.1, 0.15) is 42.0 Å². The fraction of sp³-hybridized carbons (Fsp3) is 0.389. The van der Waals surface area contributed by atoms with Crippen LogP contribution in [0.4, 0.5) is 5.69 Å². The molecule has 2 N–H and O–H groups in total. The lowest BCUT2D eigenvalue weighted by atomic mass is 10.1. The highest BCUT2D eigenvalue weighted by Gasteiger charge is 2.12. The molecule has 9 heteroatoms. The van der Waals surface area contributed by atoms with Gasteiger partial charge in [0.1, 0.15) is 5.82 Å². The fourth-order valence-electron chi connectivity index (χ4n) is 2.40. The van der Waals surface area contributed by atoms with Crippen molar-refractivity contribution in [2.45, 2.75) is 50.9 Å². The number of aromatic amines is 1. The number of carbonyl (C=O) groups is 1. The first-order valence-corrected chi connectivity index (χ1v) is 9.75. The number of anilines is 1. The largest absolute Gasteiger partial charge is 0.339 e. The third-order valence-electron chi connectivity index (χ3n) is 4.13. The molecule has 0 spiro atoms. The van der Waals surface area contributed by atoms with Crippen LogP contribution in [0, 0.1) is 13.8 Å². The van der Waals surface area contributed by atoms with E-state index in [0.717, 1.165) is 29.1 Å². The third kappa shape index (κ3) is 5.16. The van der Waals surface area contributed by atoms with Crippen molar-refractivity contribution in [2.24, 2.45) is 0 Å². The number of aryl methyl sites for hydroxylation is 3. The van der Waals surface area contributed by atoms with Crippen molar-refractivity contribution in [3.63, 3.8) is 0 Å². The van der Waals surface area contributed by atoms with Gasteiger partial charge in [0, 0.05) is 24.9 Å². The lowest BCUT2D eigenvalue weighted by Gasteiger charge is -2.09. The van der Waals surface area contributed by atoms with Gasteiger partial charge in [-0.05, 0) is 31.0 Å². The van der Waals surface area contributed by atoms with Crippen molar-refractivity contribution in [3.05, 3.63) is 46.9 Å². The van der Waals surface area contributed by atoms with Gasteiger partial charge in [-0.25, -0.2) is 4.98 Å². The van der Waals surface area contributed by atoms with Crippen LogP contribution in [-0.4, -0.2) is 31.2 Å². The number of amides is 1. The number of nitrogens with one attached hydrogen (secondary N) is 2. The normalized spacial score (nSPS) is 10.9. The van der Waals surface area contributed by atoms with Gasteiger partial charge in [0.25, 0.3) is 0 Å². The van der Waals surface area contributed by atoms with E-state index in [4.69, 9.17) is 4.52 Å². The van der Waals surface area contributed by atoms with E-state index in [1.54, 1.807) is 0 Å². The maximum atomic E-state index is 12.2. The first-order chi connectivity index (χ1) is 13.0.